The molecule has 1 saturated heterocycles. The van der Waals surface area contributed by atoms with Gasteiger partial charge in [0, 0.05) is 44.2 Å². The van der Waals surface area contributed by atoms with Gasteiger partial charge in [-0.25, -0.2) is 8.42 Å². The maximum absolute atomic E-state index is 14.0. The van der Waals surface area contributed by atoms with Crippen molar-refractivity contribution in [3.8, 4) is 0 Å². The van der Waals surface area contributed by atoms with E-state index < -0.39 is 22.1 Å². The van der Waals surface area contributed by atoms with Crippen molar-refractivity contribution in [3.63, 3.8) is 0 Å². The van der Waals surface area contributed by atoms with Gasteiger partial charge >= 0.3 is 0 Å². The van der Waals surface area contributed by atoms with Crippen molar-refractivity contribution in [2.75, 3.05) is 35.8 Å². The summed E-state index contributed by atoms with van der Waals surface area (Å²) in [5.74, 6) is -0.442. The number of carbonyl (C=O) groups excluding carboxylic acids is 2. The van der Waals surface area contributed by atoms with E-state index >= 15 is 0 Å². The molecule has 237 valence electrons. The first-order valence-corrected chi connectivity index (χ1v) is 17.1. The zero-order valence-electron chi connectivity index (χ0n) is 25.1. The monoisotopic (exact) mass is 656 g/mol. The van der Waals surface area contributed by atoms with Gasteiger partial charge in [0.1, 0.15) is 12.1 Å². The largest absolute Gasteiger partial charge is 0.366 e. The first-order valence-electron chi connectivity index (χ1n) is 15.2. The van der Waals surface area contributed by atoms with Crippen LogP contribution in [0.3, 0.4) is 0 Å². The van der Waals surface area contributed by atoms with Crippen molar-refractivity contribution in [1.29, 1.82) is 0 Å². The van der Waals surface area contributed by atoms with Crippen LogP contribution in [0, 0.1) is 6.54 Å². The van der Waals surface area contributed by atoms with E-state index in [1.165, 1.54) is 0 Å². The zero-order chi connectivity index (χ0) is 32.1. The average Bonchev–Trinajstić information content (AvgIpc) is 3.09. The molecule has 6 rings (SSSR count). The molecule has 4 aromatic rings. The van der Waals surface area contributed by atoms with Crippen LogP contribution < -0.4 is 20.3 Å². The first kappa shape index (κ1) is 31.6. The van der Waals surface area contributed by atoms with Gasteiger partial charge < -0.3 is 15.1 Å². The van der Waals surface area contributed by atoms with Gasteiger partial charge in [-0.3, -0.25) is 19.6 Å². The molecule has 2 atom stereocenters. The molecule has 46 heavy (non-hydrogen) atoms. The molecule has 2 heterocycles. The molecular weight excluding hydrogens is 622 g/mol. The van der Waals surface area contributed by atoms with Crippen LogP contribution in [-0.2, 0) is 32.5 Å². The van der Waals surface area contributed by atoms with Crippen molar-refractivity contribution in [2.45, 2.75) is 29.8 Å². The number of piperazine rings is 1. The lowest BCUT2D eigenvalue weighted by molar-refractivity contribution is -0.137. The second-order valence-corrected chi connectivity index (χ2v) is 13.5. The van der Waals surface area contributed by atoms with E-state index in [-0.39, 0.29) is 16.7 Å². The van der Waals surface area contributed by atoms with E-state index in [0.29, 0.717) is 49.7 Å². The number of amides is 2. The maximum atomic E-state index is 14.0. The van der Waals surface area contributed by atoms with Gasteiger partial charge in [-0.2, -0.15) is 0 Å². The molecule has 0 aromatic heterocycles. The van der Waals surface area contributed by atoms with Crippen LogP contribution in [0.2, 0.25) is 5.02 Å². The lowest BCUT2D eigenvalue weighted by Crippen LogP contribution is -2.56. The number of para-hydroxylation sites is 2. The Morgan fingerprint density at radius 1 is 0.848 bits per heavy atom. The summed E-state index contributed by atoms with van der Waals surface area (Å²) in [5, 5.41) is 6.83. The fourth-order valence-electron chi connectivity index (χ4n) is 5.93. The van der Waals surface area contributed by atoms with Gasteiger partial charge in [-0.05, 0) is 59.5 Å². The summed E-state index contributed by atoms with van der Waals surface area (Å²) >= 11 is 6.11. The highest BCUT2D eigenvalue weighted by molar-refractivity contribution is 7.92. The van der Waals surface area contributed by atoms with Crippen molar-refractivity contribution < 1.29 is 18.0 Å². The van der Waals surface area contributed by atoms with Gasteiger partial charge in [0.25, 0.3) is 10.0 Å². The molecular formula is C35H35ClN5O4S. The lowest BCUT2D eigenvalue weighted by atomic mass is 9.93. The fourth-order valence-corrected chi connectivity index (χ4v) is 7.16. The number of hydrogen-bond donors (Lipinski definition) is 3. The Morgan fingerprint density at radius 2 is 1.52 bits per heavy atom. The minimum Gasteiger partial charge on any atom is -0.366 e. The predicted octanol–water partition coefficient (Wildman–Crippen LogP) is 4.57. The number of hydrogen-bond acceptors (Lipinski definition) is 6. The van der Waals surface area contributed by atoms with E-state index in [1.807, 2.05) is 55.1 Å². The maximum Gasteiger partial charge on any atom is 0.261 e. The third-order valence-electron chi connectivity index (χ3n) is 8.34. The summed E-state index contributed by atoms with van der Waals surface area (Å²) in [6.07, 6.45) is 1.03. The standard InChI is InChI=1S/C35H35ClN5O4S/c36-27-16-14-25(15-17-27)24-31(38-34(42)33-29-11-5-4-8-26(29)18-19-37-33)35(43)41-22-20-40(21-23-41)32-13-7-6-12-30(32)39-46(44,45)28-9-2-1-3-10-28/h1-17,19,31,33,37,39H,18,20-24H2,(H,38,42)/t31-,33?/m1/s1. The van der Waals surface area contributed by atoms with E-state index in [9.17, 15) is 18.0 Å². The Hall–Kier alpha value is -4.38. The molecule has 2 amide bonds. The third kappa shape index (κ3) is 7.20. The molecule has 0 bridgehead atoms. The minimum absolute atomic E-state index is 0.172. The van der Waals surface area contributed by atoms with Crippen LogP contribution in [0.25, 0.3) is 0 Å². The number of sulfonamides is 1. The van der Waals surface area contributed by atoms with E-state index in [0.717, 1.165) is 22.4 Å². The Balaban J connectivity index is 1.16. The van der Waals surface area contributed by atoms with Crippen LogP contribution in [0.4, 0.5) is 11.4 Å². The van der Waals surface area contributed by atoms with Gasteiger partial charge in [-0.1, -0.05) is 78.3 Å². The lowest BCUT2D eigenvalue weighted by Gasteiger charge is -2.38. The Labute approximate surface area is 274 Å². The molecule has 4 aromatic carbocycles. The summed E-state index contributed by atoms with van der Waals surface area (Å²) in [6, 6.07) is 29.2. The number of anilines is 2. The molecule has 2 aliphatic heterocycles. The van der Waals surface area contributed by atoms with E-state index in [2.05, 4.69) is 20.3 Å². The van der Waals surface area contributed by atoms with Crippen molar-refractivity contribution in [2.24, 2.45) is 0 Å². The molecule has 0 aliphatic carbocycles. The average molecular weight is 657 g/mol. The Bertz CT molecular complexity index is 1800. The molecule has 1 fully saturated rings. The number of rotatable bonds is 9. The van der Waals surface area contributed by atoms with Crippen LogP contribution in [0.1, 0.15) is 22.7 Å². The Morgan fingerprint density at radius 3 is 2.28 bits per heavy atom. The van der Waals surface area contributed by atoms with Gasteiger partial charge in [0.05, 0.1) is 16.3 Å². The number of nitrogens with zero attached hydrogens (tertiary/aromatic N) is 2. The number of fused-ring (bicyclic) bond motifs is 1. The van der Waals surface area contributed by atoms with E-state index in [4.69, 9.17) is 11.6 Å². The summed E-state index contributed by atoms with van der Waals surface area (Å²) in [4.78, 5) is 31.7. The molecule has 2 aliphatic rings. The highest BCUT2D eigenvalue weighted by Crippen LogP contribution is 2.29. The third-order valence-corrected chi connectivity index (χ3v) is 9.97. The zero-order valence-corrected chi connectivity index (χ0v) is 26.7. The smallest absolute Gasteiger partial charge is 0.261 e. The van der Waals surface area contributed by atoms with Gasteiger partial charge in [0.15, 0.2) is 0 Å². The van der Waals surface area contributed by atoms with Crippen LogP contribution in [0.15, 0.2) is 108 Å². The summed E-state index contributed by atoms with van der Waals surface area (Å²) in [5.41, 5.74) is 4.05. The number of carbonyl (C=O) groups is 2. The predicted molar refractivity (Wildman–Crippen MR) is 180 cm³/mol. The van der Waals surface area contributed by atoms with Crippen molar-refractivity contribution in [3.05, 3.63) is 131 Å². The molecule has 11 heteroatoms. The number of halogens is 1. The normalized spacial score (nSPS) is 17.1. The molecule has 1 unspecified atom stereocenters. The fraction of sp³-hybridized carbons (Fsp3) is 0.229. The second-order valence-electron chi connectivity index (χ2n) is 11.3. The highest BCUT2D eigenvalue weighted by atomic mass is 35.5. The topological polar surface area (TPSA) is 111 Å². The van der Waals surface area contributed by atoms with Crippen molar-refractivity contribution >= 4 is 44.8 Å². The number of benzene rings is 4. The summed E-state index contributed by atoms with van der Waals surface area (Å²) in [6.45, 7) is 3.67. The molecule has 0 saturated carbocycles. The second kappa shape index (κ2) is 13.9. The van der Waals surface area contributed by atoms with Crippen LogP contribution in [-0.4, -0.2) is 57.4 Å². The molecule has 0 spiro atoms. The summed E-state index contributed by atoms with van der Waals surface area (Å²) in [7, 11) is -3.78. The van der Waals surface area contributed by atoms with Gasteiger partial charge in [-0.15, -0.1) is 0 Å². The molecule has 9 nitrogen and oxygen atoms in total. The minimum atomic E-state index is -3.78. The number of nitrogens with one attached hydrogen (secondary N) is 3. The van der Waals surface area contributed by atoms with Crippen LogP contribution in [0.5, 0.6) is 0 Å². The van der Waals surface area contributed by atoms with Gasteiger partial charge in [0.2, 0.25) is 11.8 Å². The SMILES string of the molecule is O=C(N[C@H](Cc1ccc(Cl)cc1)C(=O)N1CCN(c2ccccc2NS(=O)(=O)c2ccccc2)CC1)C1N[CH]Cc2ccccc21. The quantitative estimate of drug-likeness (QED) is 0.244. The molecule has 1 radical (unpaired) electrons. The summed E-state index contributed by atoms with van der Waals surface area (Å²) < 4.78 is 28.9. The Kier molecular flexibility index (Phi) is 9.58. The van der Waals surface area contributed by atoms with Crippen molar-refractivity contribution in [1.82, 2.24) is 15.5 Å². The highest BCUT2D eigenvalue weighted by Gasteiger charge is 2.33. The van der Waals surface area contributed by atoms with Crippen LogP contribution >= 0.6 is 11.6 Å². The van der Waals surface area contributed by atoms with E-state index in [1.54, 1.807) is 59.5 Å². The molecule has 3 N–H and O–H groups in total. The first-order chi connectivity index (χ1) is 22.3.